The van der Waals surface area contributed by atoms with Gasteiger partial charge >= 0.3 is 5.97 Å². The molecule has 9 nitrogen and oxygen atoms in total. The Morgan fingerprint density at radius 1 is 1.19 bits per heavy atom. The fourth-order valence-corrected chi connectivity index (χ4v) is 5.59. The maximum Gasteiger partial charge on any atom is 0.326 e. The number of nitrogens with two attached hydrogens (primary N) is 1. The topological polar surface area (TPSA) is 129 Å². The molecule has 0 aliphatic rings. The second-order valence-corrected chi connectivity index (χ2v) is 11.3. The Morgan fingerprint density at radius 2 is 1.81 bits per heavy atom. The minimum Gasteiger partial charge on any atom is -0.465 e. The number of carbonyl (C=O) groups excluding carboxylic acids is 1. The fraction of sp³-hybridized carbons (Fsp3) is 0.211. The lowest BCUT2D eigenvalue weighted by Gasteiger charge is -2.20. The quantitative estimate of drug-likeness (QED) is 0.439. The van der Waals surface area contributed by atoms with E-state index >= 15 is 0 Å². The van der Waals surface area contributed by atoms with Crippen LogP contribution in [0.1, 0.15) is 12.5 Å². The van der Waals surface area contributed by atoms with E-state index in [9.17, 15) is 21.6 Å². The number of halogens is 2. The van der Waals surface area contributed by atoms with Gasteiger partial charge in [-0.25, -0.2) is 21.8 Å². The number of hydrogen-bond acceptors (Lipinski definition) is 6. The maximum absolute atomic E-state index is 13.4. The van der Waals surface area contributed by atoms with Gasteiger partial charge in [-0.3, -0.25) is 4.79 Å². The zero-order chi connectivity index (χ0) is 23.8. The molecule has 2 aromatic carbocycles. The Hall–Kier alpha value is -2.12. The second kappa shape index (κ2) is 9.02. The molecule has 0 saturated carbocycles. The van der Waals surface area contributed by atoms with Crippen LogP contribution in [0.15, 0.2) is 52.0 Å². The van der Waals surface area contributed by atoms with Gasteiger partial charge in [0.05, 0.1) is 27.7 Å². The predicted octanol–water partition coefficient (Wildman–Crippen LogP) is 3.18. The summed E-state index contributed by atoms with van der Waals surface area (Å²) in [4.78, 5) is 12.0. The zero-order valence-electron chi connectivity index (χ0n) is 16.9. The minimum atomic E-state index is -4.47. The lowest BCUT2D eigenvalue weighted by atomic mass is 10.2. The van der Waals surface area contributed by atoms with E-state index in [0.29, 0.717) is 8.78 Å². The van der Waals surface area contributed by atoms with Crippen LogP contribution < -0.4 is 9.44 Å². The molecule has 0 unspecified atom stereocenters. The van der Waals surface area contributed by atoms with Crippen LogP contribution in [0.3, 0.4) is 0 Å². The molecule has 1 heterocycles. The molecule has 172 valence electrons. The fourth-order valence-electron chi connectivity index (χ4n) is 3.03. The SMILES string of the molecule is CCOC(=O)CN(c1cn(S(=O)(=O)c2ccc(C)cc2)c2cc(Cl)c(Br)cc12)S(N)(=O)=O. The number of anilines is 1. The lowest BCUT2D eigenvalue weighted by molar-refractivity contribution is -0.141. The number of rotatable bonds is 7. The molecule has 0 aliphatic carbocycles. The van der Waals surface area contributed by atoms with Gasteiger partial charge in [-0.15, -0.1) is 0 Å². The van der Waals surface area contributed by atoms with Crippen molar-refractivity contribution >= 4 is 70.3 Å². The molecule has 0 fully saturated rings. The van der Waals surface area contributed by atoms with Crippen LogP contribution in [0.4, 0.5) is 5.69 Å². The number of nitrogens with zero attached hydrogens (tertiary/aromatic N) is 2. The van der Waals surface area contributed by atoms with E-state index in [-0.39, 0.29) is 33.1 Å². The first kappa shape index (κ1) is 24.5. The smallest absolute Gasteiger partial charge is 0.326 e. The number of fused-ring (bicyclic) bond motifs is 1. The van der Waals surface area contributed by atoms with Crippen LogP contribution in [0.25, 0.3) is 10.9 Å². The third-order valence-corrected chi connectivity index (χ3v) is 8.35. The molecule has 32 heavy (non-hydrogen) atoms. The molecule has 0 amide bonds. The summed E-state index contributed by atoms with van der Waals surface area (Å²) in [5.41, 5.74) is 0.846. The van der Waals surface area contributed by atoms with Crippen molar-refractivity contribution < 1.29 is 26.4 Å². The summed E-state index contributed by atoms with van der Waals surface area (Å²) in [6.07, 6.45) is 1.09. The number of aryl methyl sites for hydroxylation is 1. The van der Waals surface area contributed by atoms with Gasteiger partial charge in [0.25, 0.3) is 20.2 Å². The van der Waals surface area contributed by atoms with Crippen LogP contribution in [0.2, 0.25) is 5.02 Å². The first-order valence-electron chi connectivity index (χ1n) is 9.14. The molecule has 13 heteroatoms. The minimum absolute atomic E-state index is 0.0156. The summed E-state index contributed by atoms with van der Waals surface area (Å²) in [6, 6.07) is 8.99. The third kappa shape index (κ3) is 4.79. The van der Waals surface area contributed by atoms with Gasteiger partial charge < -0.3 is 4.74 Å². The van der Waals surface area contributed by atoms with E-state index in [2.05, 4.69) is 15.9 Å². The average Bonchev–Trinajstić information content (AvgIpc) is 3.05. The molecular formula is C19H19BrClN3O6S2. The standard InChI is InChI=1S/C19H19BrClN3O6S2/c1-3-30-19(25)11-24(32(22,28)29)18-10-23(17-9-16(21)15(20)8-14(17)18)31(26,27)13-6-4-12(2)5-7-13/h4-10H,3,11H2,1-2H3,(H2,22,28,29). The van der Waals surface area contributed by atoms with Gasteiger partial charge in [0, 0.05) is 16.1 Å². The van der Waals surface area contributed by atoms with Crippen molar-refractivity contribution in [3.8, 4) is 0 Å². The van der Waals surface area contributed by atoms with E-state index in [1.165, 1.54) is 24.3 Å². The molecule has 0 radical (unpaired) electrons. The highest BCUT2D eigenvalue weighted by Crippen LogP contribution is 2.37. The molecule has 3 aromatic rings. The van der Waals surface area contributed by atoms with Gasteiger partial charge in [-0.1, -0.05) is 29.3 Å². The van der Waals surface area contributed by atoms with Crippen molar-refractivity contribution in [2.75, 3.05) is 17.5 Å². The number of ether oxygens (including phenoxy) is 1. The Balaban J connectivity index is 2.32. The average molecular weight is 565 g/mol. The summed E-state index contributed by atoms with van der Waals surface area (Å²) >= 11 is 9.45. The van der Waals surface area contributed by atoms with Crippen molar-refractivity contribution in [1.29, 1.82) is 0 Å². The van der Waals surface area contributed by atoms with Crippen molar-refractivity contribution in [3.05, 3.63) is 57.7 Å². The van der Waals surface area contributed by atoms with Crippen molar-refractivity contribution in [1.82, 2.24) is 3.97 Å². The highest BCUT2D eigenvalue weighted by atomic mass is 79.9. The molecule has 0 atom stereocenters. The Kier molecular flexibility index (Phi) is 6.91. The van der Waals surface area contributed by atoms with E-state index in [1.807, 2.05) is 6.92 Å². The lowest BCUT2D eigenvalue weighted by Crippen LogP contribution is -2.40. The molecule has 3 rings (SSSR count). The first-order valence-corrected chi connectivity index (χ1v) is 13.3. The summed E-state index contributed by atoms with van der Waals surface area (Å²) < 4.78 is 58.2. The predicted molar refractivity (Wildman–Crippen MR) is 125 cm³/mol. The summed E-state index contributed by atoms with van der Waals surface area (Å²) in [5, 5.41) is 5.75. The van der Waals surface area contributed by atoms with Crippen LogP contribution in [0, 0.1) is 6.92 Å². The van der Waals surface area contributed by atoms with Crippen LogP contribution in [0.5, 0.6) is 0 Å². The molecule has 2 N–H and O–H groups in total. The van der Waals surface area contributed by atoms with Crippen LogP contribution >= 0.6 is 27.5 Å². The van der Waals surface area contributed by atoms with Crippen molar-refractivity contribution in [2.45, 2.75) is 18.7 Å². The molecular weight excluding hydrogens is 546 g/mol. The number of benzene rings is 2. The maximum atomic E-state index is 13.4. The Labute approximate surface area is 199 Å². The van der Waals surface area contributed by atoms with E-state index in [4.69, 9.17) is 21.5 Å². The Bertz CT molecular complexity index is 1400. The van der Waals surface area contributed by atoms with Crippen LogP contribution in [-0.4, -0.2) is 39.9 Å². The molecule has 0 spiro atoms. The van der Waals surface area contributed by atoms with Gasteiger partial charge in [-0.05, 0) is 54.0 Å². The molecule has 0 saturated heterocycles. The van der Waals surface area contributed by atoms with Gasteiger partial charge in [0.1, 0.15) is 6.54 Å². The van der Waals surface area contributed by atoms with E-state index in [1.54, 1.807) is 19.1 Å². The number of esters is 1. The van der Waals surface area contributed by atoms with Gasteiger partial charge in [-0.2, -0.15) is 8.42 Å². The summed E-state index contributed by atoms with van der Waals surface area (Å²) in [6.45, 7) is 2.67. The van der Waals surface area contributed by atoms with Crippen molar-refractivity contribution in [2.24, 2.45) is 5.14 Å². The highest BCUT2D eigenvalue weighted by Gasteiger charge is 2.29. The van der Waals surface area contributed by atoms with Crippen molar-refractivity contribution in [3.63, 3.8) is 0 Å². The van der Waals surface area contributed by atoms with Gasteiger partial charge in [0.15, 0.2) is 0 Å². The highest BCUT2D eigenvalue weighted by molar-refractivity contribution is 9.10. The normalized spacial score (nSPS) is 12.2. The first-order chi connectivity index (χ1) is 14.9. The monoisotopic (exact) mass is 563 g/mol. The molecule has 1 aromatic heterocycles. The number of hydrogen-bond donors (Lipinski definition) is 1. The van der Waals surface area contributed by atoms with Crippen LogP contribution in [-0.2, 0) is 29.8 Å². The second-order valence-electron chi connectivity index (χ2n) is 6.77. The number of aromatic nitrogens is 1. The van der Waals surface area contributed by atoms with E-state index in [0.717, 1.165) is 15.7 Å². The van der Waals surface area contributed by atoms with E-state index < -0.39 is 32.7 Å². The Morgan fingerprint density at radius 3 is 2.38 bits per heavy atom. The summed E-state index contributed by atoms with van der Waals surface area (Å²) in [5.74, 6) is -0.850. The third-order valence-electron chi connectivity index (χ3n) is 4.52. The van der Waals surface area contributed by atoms with Gasteiger partial charge in [0.2, 0.25) is 0 Å². The molecule has 0 aliphatic heterocycles. The number of carbonyl (C=O) groups is 1. The molecule has 0 bridgehead atoms. The largest absolute Gasteiger partial charge is 0.465 e. The summed E-state index contributed by atoms with van der Waals surface area (Å²) in [7, 11) is -8.62. The zero-order valence-corrected chi connectivity index (χ0v) is 20.9.